The fraction of sp³-hybridized carbons (Fsp3) is 0.292. The molecule has 2 aromatic carbocycles. The van der Waals surface area contributed by atoms with Crippen LogP contribution in [0.15, 0.2) is 53.5 Å². The maximum atomic E-state index is 12.8. The highest BCUT2D eigenvalue weighted by molar-refractivity contribution is 5.95. The van der Waals surface area contributed by atoms with E-state index in [1.165, 1.54) is 10.9 Å². The van der Waals surface area contributed by atoms with Gasteiger partial charge in [-0.1, -0.05) is 19.1 Å². The largest absolute Gasteiger partial charge is 0.493 e. The summed E-state index contributed by atoms with van der Waals surface area (Å²) in [5.74, 6) is 1.06. The van der Waals surface area contributed by atoms with E-state index in [4.69, 9.17) is 9.47 Å². The Morgan fingerprint density at radius 1 is 1.16 bits per heavy atom. The minimum absolute atomic E-state index is 0.0658. The second kappa shape index (κ2) is 10.00. The number of nitrogens with one attached hydrogen (secondary N) is 2. The number of aryl methyl sites for hydroxylation is 2. The number of carbonyl (C=O) groups excluding carboxylic acids is 1. The summed E-state index contributed by atoms with van der Waals surface area (Å²) >= 11 is 0. The first-order valence-corrected chi connectivity index (χ1v) is 10.4. The van der Waals surface area contributed by atoms with Crippen LogP contribution in [0.5, 0.6) is 17.2 Å². The third kappa shape index (κ3) is 5.26. The van der Waals surface area contributed by atoms with Gasteiger partial charge in [0.05, 0.1) is 13.3 Å². The van der Waals surface area contributed by atoms with Gasteiger partial charge in [-0.15, -0.1) is 0 Å². The van der Waals surface area contributed by atoms with Crippen LogP contribution in [-0.4, -0.2) is 28.8 Å². The number of amides is 1. The van der Waals surface area contributed by atoms with Crippen LogP contribution in [-0.2, 0) is 7.05 Å². The van der Waals surface area contributed by atoms with E-state index in [2.05, 4.69) is 15.7 Å². The van der Waals surface area contributed by atoms with E-state index in [0.29, 0.717) is 22.7 Å². The molecule has 0 aliphatic carbocycles. The summed E-state index contributed by atoms with van der Waals surface area (Å²) in [4.78, 5) is 25.3. The molecule has 168 valence electrons. The zero-order chi connectivity index (χ0) is 23.3. The minimum atomic E-state index is -0.372. The van der Waals surface area contributed by atoms with Crippen molar-refractivity contribution in [3.63, 3.8) is 0 Å². The molecule has 0 bridgehead atoms. The van der Waals surface area contributed by atoms with Gasteiger partial charge < -0.3 is 20.1 Å². The van der Waals surface area contributed by atoms with Gasteiger partial charge in [-0.05, 0) is 56.2 Å². The number of anilines is 2. The van der Waals surface area contributed by atoms with Crippen LogP contribution in [0.4, 0.5) is 11.4 Å². The molecule has 3 aromatic rings. The summed E-state index contributed by atoms with van der Waals surface area (Å²) in [6.07, 6.45) is 2.29. The van der Waals surface area contributed by atoms with Crippen molar-refractivity contribution >= 4 is 17.3 Å². The molecule has 3 rings (SSSR count). The number of benzene rings is 2. The molecular formula is C24H28N4O4. The van der Waals surface area contributed by atoms with Gasteiger partial charge in [0.1, 0.15) is 0 Å². The zero-order valence-corrected chi connectivity index (χ0v) is 18.9. The predicted molar refractivity (Wildman–Crippen MR) is 124 cm³/mol. The SMILES string of the molecule is CCC(C)NC(=O)c1cccc(Nc2c(Oc3ccc(C)cc3OC)cnn(C)c2=O)c1. The van der Waals surface area contributed by atoms with Crippen LogP contribution in [0.2, 0.25) is 0 Å². The molecule has 8 nitrogen and oxygen atoms in total. The lowest BCUT2D eigenvalue weighted by Gasteiger charge is -2.16. The molecule has 1 aromatic heterocycles. The Morgan fingerprint density at radius 3 is 2.66 bits per heavy atom. The van der Waals surface area contributed by atoms with Gasteiger partial charge in [0.25, 0.3) is 11.5 Å². The summed E-state index contributed by atoms with van der Waals surface area (Å²) in [6, 6.07) is 12.5. The van der Waals surface area contributed by atoms with Crippen LogP contribution in [0.3, 0.4) is 0 Å². The maximum Gasteiger partial charge on any atom is 0.294 e. The molecule has 1 unspecified atom stereocenters. The molecule has 0 aliphatic heterocycles. The van der Waals surface area contributed by atoms with Gasteiger partial charge in [0, 0.05) is 24.3 Å². The number of rotatable bonds is 8. The van der Waals surface area contributed by atoms with Gasteiger partial charge in [-0.2, -0.15) is 5.10 Å². The average Bonchev–Trinajstić information content (AvgIpc) is 2.79. The summed E-state index contributed by atoms with van der Waals surface area (Å²) in [5.41, 5.74) is 1.91. The van der Waals surface area contributed by atoms with Gasteiger partial charge in [0.2, 0.25) is 0 Å². The highest BCUT2D eigenvalue weighted by Crippen LogP contribution is 2.35. The molecule has 1 amide bonds. The molecule has 0 fully saturated rings. The molecule has 1 atom stereocenters. The normalized spacial score (nSPS) is 11.5. The van der Waals surface area contributed by atoms with E-state index >= 15 is 0 Å². The summed E-state index contributed by atoms with van der Waals surface area (Å²) in [7, 11) is 3.11. The molecule has 0 saturated heterocycles. The maximum absolute atomic E-state index is 12.8. The Kier molecular flexibility index (Phi) is 7.14. The fourth-order valence-corrected chi connectivity index (χ4v) is 2.98. The van der Waals surface area contributed by atoms with Gasteiger partial charge >= 0.3 is 0 Å². The number of methoxy groups -OCH3 is 1. The Balaban J connectivity index is 1.94. The van der Waals surface area contributed by atoms with Crippen molar-refractivity contribution < 1.29 is 14.3 Å². The van der Waals surface area contributed by atoms with Crippen molar-refractivity contribution in [1.82, 2.24) is 15.1 Å². The predicted octanol–water partition coefficient (Wildman–Crippen LogP) is 4.16. The van der Waals surface area contributed by atoms with E-state index in [9.17, 15) is 9.59 Å². The van der Waals surface area contributed by atoms with Crippen LogP contribution in [0.1, 0.15) is 36.2 Å². The molecule has 2 N–H and O–H groups in total. The molecule has 0 spiro atoms. The van der Waals surface area contributed by atoms with E-state index < -0.39 is 0 Å². The number of nitrogens with zero attached hydrogens (tertiary/aromatic N) is 2. The first-order chi connectivity index (χ1) is 15.3. The Labute approximate surface area is 187 Å². The van der Waals surface area contributed by atoms with Crippen LogP contribution >= 0.6 is 0 Å². The number of hydrogen-bond donors (Lipinski definition) is 2. The first-order valence-electron chi connectivity index (χ1n) is 10.4. The number of ether oxygens (including phenoxy) is 2. The molecule has 0 radical (unpaired) electrons. The Bertz CT molecular complexity index is 1170. The monoisotopic (exact) mass is 436 g/mol. The number of hydrogen-bond acceptors (Lipinski definition) is 6. The van der Waals surface area contributed by atoms with E-state index in [0.717, 1.165) is 12.0 Å². The lowest BCUT2D eigenvalue weighted by atomic mass is 10.1. The molecule has 0 saturated carbocycles. The quantitative estimate of drug-likeness (QED) is 0.551. The lowest BCUT2D eigenvalue weighted by Crippen LogP contribution is -2.31. The third-order valence-electron chi connectivity index (χ3n) is 5.03. The number of aromatic nitrogens is 2. The van der Waals surface area contributed by atoms with Crippen LogP contribution in [0, 0.1) is 6.92 Å². The molecule has 1 heterocycles. The standard InChI is InChI=1S/C24H28N4O4/c1-6-16(3)26-23(29)17-8-7-9-18(13-17)27-22-21(14-25-28(4)24(22)30)32-19-11-10-15(2)12-20(19)31-5/h7-14,16,27H,6H2,1-5H3,(H,26,29). The molecule has 8 heteroatoms. The van der Waals surface area contributed by atoms with Crippen molar-refractivity contribution in [2.45, 2.75) is 33.2 Å². The highest BCUT2D eigenvalue weighted by atomic mass is 16.5. The topological polar surface area (TPSA) is 94.5 Å². The summed E-state index contributed by atoms with van der Waals surface area (Å²) in [5, 5.41) is 10.1. The van der Waals surface area contributed by atoms with E-state index in [1.54, 1.807) is 44.5 Å². The minimum Gasteiger partial charge on any atom is -0.493 e. The second-order valence-corrected chi connectivity index (χ2v) is 7.56. The Morgan fingerprint density at radius 2 is 1.94 bits per heavy atom. The molecular weight excluding hydrogens is 408 g/mol. The van der Waals surface area contributed by atoms with Crippen molar-refractivity contribution in [1.29, 1.82) is 0 Å². The smallest absolute Gasteiger partial charge is 0.294 e. The van der Waals surface area contributed by atoms with Crippen LogP contribution < -0.4 is 25.7 Å². The fourth-order valence-electron chi connectivity index (χ4n) is 2.98. The summed E-state index contributed by atoms with van der Waals surface area (Å²) < 4.78 is 12.6. The van der Waals surface area contributed by atoms with E-state index in [-0.39, 0.29) is 28.9 Å². The summed E-state index contributed by atoms with van der Waals surface area (Å²) in [6.45, 7) is 5.90. The lowest BCUT2D eigenvalue weighted by molar-refractivity contribution is 0.0939. The van der Waals surface area contributed by atoms with Crippen molar-refractivity contribution in [2.75, 3.05) is 12.4 Å². The van der Waals surface area contributed by atoms with Gasteiger partial charge in [-0.25, -0.2) is 4.68 Å². The molecule has 32 heavy (non-hydrogen) atoms. The van der Waals surface area contributed by atoms with Crippen molar-refractivity contribution in [2.24, 2.45) is 7.05 Å². The van der Waals surface area contributed by atoms with Gasteiger partial charge in [-0.3, -0.25) is 9.59 Å². The first kappa shape index (κ1) is 22.9. The Hall–Kier alpha value is -3.81. The zero-order valence-electron chi connectivity index (χ0n) is 18.9. The second-order valence-electron chi connectivity index (χ2n) is 7.56. The third-order valence-corrected chi connectivity index (χ3v) is 5.03. The van der Waals surface area contributed by atoms with Crippen molar-refractivity contribution in [3.8, 4) is 17.2 Å². The van der Waals surface area contributed by atoms with E-state index in [1.807, 2.05) is 32.9 Å². The molecule has 0 aliphatic rings. The highest BCUT2D eigenvalue weighted by Gasteiger charge is 2.16. The average molecular weight is 437 g/mol. The number of carbonyl (C=O) groups is 1. The van der Waals surface area contributed by atoms with Crippen molar-refractivity contribution in [3.05, 3.63) is 70.1 Å². The van der Waals surface area contributed by atoms with Gasteiger partial charge in [0.15, 0.2) is 22.9 Å². The van der Waals surface area contributed by atoms with Crippen LogP contribution in [0.25, 0.3) is 0 Å².